The summed E-state index contributed by atoms with van der Waals surface area (Å²) in [7, 11) is -2.00. The molecule has 5 aromatic heterocycles. The van der Waals surface area contributed by atoms with Crippen LogP contribution in [0.5, 0.6) is 17.2 Å². The quantitative estimate of drug-likeness (QED) is 0.0262. The van der Waals surface area contributed by atoms with Crippen molar-refractivity contribution in [3.05, 3.63) is 258 Å². The summed E-state index contributed by atoms with van der Waals surface area (Å²) in [6.45, 7) is 4.00. The highest BCUT2D eigenvalue weighted by Crippen LogP contribution is 2.58. The number of para-hydroxylation sites is 1. The number of H-pyrrole nitrogens is 2. The van der Waals surface area contributed by atoms with Crippen LogP contribution in [0.25, 0.3) is 22.3 Å². The number of phosphoric acid groups is 1. The zero-order valence-corrected chi connectivity index (χ0v) is 59.4. The summed E-state index contributed by atoms with van der Waals surface area (Å²) < 4.78 is 80.8. The lowest BCUT2D eigenvalue weighted by molar-refractivity contribution is -0.118. The predicted octanol–water partition coefficient (Wildman–Crippen LogP) is 11.0. The average Bonchev–Trinajstić information content (AvgIpc) is 1.72. The molecule has 541 valence electrons. The van der Waals surface area contributed by atoms with Crippen LogP contribution < -0.4 is 41.4 Å². The van der Waals surface area contributed by atoms with Gasteiger partial charge in [0, 0.05) is 59.0 Å². The van der Waals surface area contributed by atoms with Crippen molar-refractivity contribution < 1.29 is 61.3 Å². The molecule has 3 saturated heterocycles. The van der Waals surface area contributed by atoms with Gasteiger partial charge in [-0.3, -0.25) is 57.2 Å². The van der Waals surface area contributed by atoms with Crippen LogP contribution in [0.15, 0.2) is 191 Å². The third-order valence-corrected chi connectivity index (χ3v) is 20.8. The smallest absolute Gasteiger partial charge is 0.497 e. The molecular weight excluding hydrogens is 1410 g/mol. The number of amides is 2. The molecule has 3 fully saturated rings. The second kappa shape index (κ2) is 30.5. The van der Waals surface area contributed by atoms with E-state index in [2.05, 4.69) is 36.6 Å². The summed E-state index contributed by atoms with van der Waals surface area (Å²) in [6.07, 6.45) is -4.37. The highest BCUT2D eigenvalue weighted by Gasteiger charge is 2.54. The molecule has 14 rings (SSSR count). The molecule has 11 atom stereocenters. The minimum atomic E-state index is -5.17. The van der Waals surface area contributed by atoms with Gasteiger partial charge in [-0.1, -0.05) is 134 Å². The first kappa shape index (κ1) is 71.7. The molecule has 3 aliphatic rings. The minimum absolute atomic E-state index is 0.0116. The first-order valence-electron chi connectivity index (χ1n) is 33.6. The standard InChI is InChI=1S/C74H70Cl2N12O16P/c1-41(2)68(90)83-72-82-67-63(71(93)84-72)80-40-88(67)60-34-55(104-105(95,103-54-22-13-12-21-52(54)76)99-37-57-53(89)33-59(101-57)86-35-42(3)69(91)85-73(86)94)64(102-60)61(44-17-14-20-48(75)31-44)51-32-58(87-39-79-62-65(77-38-78-66(62)87)81-70(92)43-15-8-6-9-16-43)100-56(51)36-98-74(45-18-10-7-11-19-45,46-23-27-49(96-4)28-24-46)47-25-29-50(97-5)30-26-47/h6-19,21-31,35,38-41,51,53,55-61,64,89H,32-34,36-37H2,1-5H3,(H,85,91,94)(H,77,78,81,92)(H2,82,83,84,90,93)/t51-,53+,55+,56+,57-,58-,59-,60-,61?,64+,105?/m1/s1. The molecule has 105 heavy (non-hydrogen) atoms. The molecule has 0 spiro atoms. The Labute approximate surface area is 609 Å². The molecule has 31 heteroatoms. The fourth-order valence-corrected chi connectivity index (χ4v) is 15.4. The molecule has 2 unspecified atom stereocenters. The number of hydrogen-bond donors (Lipinski definition) is 5. The Morgan fingerprint density at radius 1 is 0.714 bits per heavy atom. The molecular formula is C74H70Cl2N12O16P. The largest absolute Gasteiger partial charge is 0.530 e. The van der Waals surface area contributed by atoms with Gasteiger partial charge in [0.05, 0.1) is 63.4 Å². The normalized spacial score (nSPS) is 21.2. The number of carbonyl (C=O) groups is 2. The lowest BCUT2D eigenvalue weighted by Gasteiger charge is -2.39. The number of fused-ring (bicyclic) bond motifs is 2. The van der Waals surface area contributed by atoms with E-state index >= 15 is 4.57 Å². The van der Waals surface area contributed by atoms with Crippen molar-refractivity contribution in [1.29, 1.82) is 0 Å². The van der Waals surface area contributed by atoms with Gasteiger partial charge in [-0.05, 0) is 90.2 Å². The molecule has 3 aliphatic heterocycles. The lowest BCUT2D eigenvalue weighted by atomic mass is 9.76. The third kappa shape index (κ3) is 14.8. The summed E-state index contributed by atoms with van der Waals surface area (Å²) >= 11 is 13.9. The molecule has 8 heterocycles. The molecule has 5 N–H and O–H groups in total. The minimum Gasteiger partial charge on any atom is -0.497 e. The SMILES string of the molecule is COc1ccc(C(OC[C@@H]2O[C@@H](n3cnc4c(NC(=O)c5ccccc5)ncnc43)C[C@H]2C(c2cc[c]c(Cl)c2)[C@H]2O[C@@H](n3cnc4c(=O)[nH]c(NC(=O)C(C)C)nc43)C[C@@H]2OP(=O)(OC[C@H]2O[C@@H](n3cc(C)c(=O)[nH]c3=O)C[C@@H]2O)Oc2ccccc2Cl)(c2ccccc2)c2ccc(OC)cc2)cc1. The highest BCUT2D eigenvalue weighted by molar-refractivity contribution is 7.49. The molecule has 2 amide bonds. The van der Waals surface area contributed by atoms with E-state index in [0.717, 1.165) is 10.1 Å². The number of imidazole rings is 2. The number of aliphatic hydroxyl groups excluding tert-OH is 1. The zero-order chi connectivity index (χ0) is 73.3. The molecule has 0 aliphatic carbocycles. The Morgan fingerprint density at radius 3 is 2.04 bits per heavy atom. The van der Waals surface area contributed by atoms with Crippen LogP contribution in [0.1, 0.15) is 95.9 Å². The number of aliphatic hydroxyl groups is 1. The number of hydrogen-bond acceptors (Lipinski definition) is 21. The summed E-state index contributed by atoms with van der Waals surface area (Å²) in [6, 6.07) is 47.8. The fraction of sp³-hybridized carbons (Fsp3) is 0.297. The number of rotatable bonds is 25. The van der Waals surface area contributed by atoms with Crippen molar-refractivity contribution in [3.63, 3.8) is 0 Å². The third-order valence-electron chi connectivity index (χ3n) is 18.8. The average molecular weight is 1490 g/mol. The Hall–Kier alpha value is -10.2. The summed E-state index contributed by atoms with van der Waals surface area (Å²) in [5.74, 6) is -2.17. The van der Waals surface area contributed by atoms with Crippen LogP contribution in [-0.2, 0) is 43.0 Å². The van der Waals surface area contributed by atoms with Crippen molar-refractivity contribution in [2.24, 2.45) is 11.8 Å². The number of halogens is 2. The molecule has 0 bridgehead atoms. The van der Waals surface area contributed by atoms with Gasteiger partial charge in [-0.25, -0.2) is 29.3 Å². The van der Waals surface area contributed by atoms with Gasteiger partial charge in [0.2, 0.25) is 11.9 Å². The van der Waals surface area contributed by atoms with E-state index in [1.165, 1.54) is 42.5 Å². The van der Waals surface area contributed by atoms with Crippen LogP contribution in [-0.4, -0.2) is 123 Å². The number of benzene rings is 6. The van der Waals surface area contributed by atoms with E-state index in [1.807, 2.05) is 78.9 Å². The Morgan fingerprint density at radius 2 is 1.35 bits per heavy atom. The fourth-order valence-electron chi connectivity index (χ4n) is 13.6. The summed E-state index contributed by atoms with van der Waals surface area (Å²) in [5.41, 5.74) is 0.172. The van der Waals surface area contributed by atoms with Crippen LogP contribution in [0.3, 0.4) is 0 Å². The van der Waals surface area contributed by atoms with Gasteiger partial charge in [0.15, 0.2) is 28.1 Å². The number of nitrogens with one attached hydrogen (secondary N) is 4. The Kier molecular flexibility index (Phi) is 20.8. The van der Waals surface area contributed by atoms with Gasteiger partial charge in [0.25, 0.3) is 17.0 Å². The van der Waals surface area contributed by atoms with Crippen molar-refractivity contribution >= 4 is 76.9 Å². The summed E-state index contributed by atoms with van der Waals surface area (Å²) in [4.78, 5) is 94.6. The zero-order valence-electron chi connectivity index (χ0n) is 57.0. The van der Waals surface area contributed by atoms with Crippen LogP contribution in [0.4, 0.5) is 11.8 Å². The summed E-state index contributed by atoms with van der Waals surface area (Å²) in [5, 5.41) is 17.4. The van der Waals surface area contributed by atoms with Gasteiger partial charge >= 0.3 is 13.5 Å². The molecule has 0 saturated carbocycles. The number of aromatic amines is 2. The Balaban J connectivity index is 0.922. The van der Waals surface area contributed by atoms with Gasteiger partial charge in [-0.15, -0.1) is 0 Å². The van der Waals surface area contributed by atoms with E-state index in [1.54, 1.807) is 99.6 Å². The van der Waals surface area contributed by atoms with Crippen LogP contribution in [0, 0.1) is 24.8 Å². The monoisotopic (exact) mass is 1480 g/mol. The second-order valence-electron chi connectivity index (χ2n) is 25.7. The van der Waals surface area contributed by atoms with E-state index in [9.17, 15) is 29.1 Å². The van der Waals surface area contributed by atoms with Crippen molar-refractivity contribution in [1.82, 2.24) is 48.6 Å². The maximum absolute atomic E-state index is 16.4. The van der Waals surface area contributed by atoms with Crippen LogP contribution >= 0.6 is 31.0 Å². The van der Waals surface area contributed by atoms with Gasteiger partial charge in [-0.2, -0.15) is 4.98 Å². The number of aromatic nitrogens is 10. The number of methoxy groups -OCH3 is 2. The van der Waals surface area contributed by atoms with Crippen LogP contribution in [0.2, 0.25) is 10.0 Å². The number of carbonyl (C=O) groups excluding carboxylic acids is 2. The van der Waals surface area contributed by atoms with Gasteiger partial charge in [0.1, 0.15) is 60.1 Å². The van der Waals surface area contributed by atoms with E-state index < -0.39 is 116 Å². The molecule has 6 aromatic carbocycles. The van der Waals surface area contributed by atoms with Gasteiger partial charge < -0.3 is 43.4 Å². The number of aryl methyl sites for hydroxylation is 1. The molecule has 28 nitrogen and oxygen atoms in total. The first-order chi connectivity index (χ1) is 50.8. The highest BCUT2D eigenvalue weighted by atomic mass is 35.5. The van der Waals surface area contributed by atoms with Crippen molar-refractivity contribution in [2.75, 3.05) is 38.1 Å². The number of anilines is 2. The van der Waals surface area contributed by atoms with E-state index in [4.69, 9.17) is 80.1 Å². The van der Waals surface area contributed by atoms with Crippen molar-refractivity contribution in [3.8, 4) is 17.2 Å². The lowest BCUT2D eigenvalue weighted by Crippen LogP contribution is -2.41. The predicted molar refractivity (Wildman–Crippen MR) is 384 cm³/mol. The maximum atomic E-state index is 16.4. The number of ether oxygens (including phenoxy) is 6. The van der Waals surface area contributed by atoms with E-state index in [0.29, 0.717) is 33.8 Å². The number of nitrogens with zero attached hydrogens (tertiary/aromatic N) is 8. The molecule has 11 aromatic rings. The topological polar surface area (TPSA) is 341 Å². The first-order valence-corrected chi connectivity index (χ1v) is 35.8. The maximum Gasteiger partial charge on any atom is 0.530 e. The Bertz CT molecular complexity index is 5180. The number of phosphoric ester groups is 1. The van der Waals surface area contributed by atoms with Crippen molar-refractivity contribution in [2.45, 2.75) is 101 Å². The van der Waals surface area contributed by atoms with E-state index in [-0.39, 0.29) is 81.3 Å². The molecule has 1 radical (unpaired) electrons. The second-order valence-corrected chi connectivity index (χ2v) is 28.1.